The van der Waals surface area contributed by atoms with E-state index in [2.05, 4.69) is 33.1 Å². The lowest BCUT2D eigenvalue weighted by Crippen LogP contribution is -2.50. The highest BCUT2D eigenvalue weighted by molar-refractivity contribution is 9.10. The summed E-state index contributed by atoms with van der Waals surface area (Å²) < 4.78 is 14.3. The van der Waals surface area contributed by atoms with E-state index in [9.17, 15) is 4.39 Å². The molecule has 1 heterocycles. The fraction of sp³-hybridized carbons (Fsp3) is 0.538. The first-order valence-corrected chi connectivity index (χ1v) is 6.93. The highest BCUT2D eigenvalue weighted by Crippen LogP contribution is 2.28. The van der Waals surface area contributed by atoms with Gasteiger partial charge in [0.2, 0.25) is 0 Å². The molecule has 0 bridgehead atoms. The number of hydrogen-bond donors (Lipinski definition) is 1. The van der Waals surface area contributed by atoms with E-state index < -0.39 is 0 Å². The molecule has 0 radical (unpaired) electrons. The molecule has 1 aliphatic rings. The second-order valence-corrected chi connectivity index (χ2v) is 5.34. The van der Waals surface area contributed by atoms with Crippen molar-refractivity contribution in [2.45, 2.75) is 25.8 Å². The van der Waals surface area contributed by atoms with Crippen LogP contribution in [0.2, 0.25) is 0 Å². The Morgan fingerprint density at radius 1 is 1.53 bits per heavy atom. The quantitative estimate of drug-likeness (QED) is 0.922. The van der Waals surface area contributed by atoms with Crippen LogP contribution in [0.5, 0.6) is 0 Å². The molecule has 1 saturated heterocycles. The van der Waals surface area contributed by atoms with Crippen LogP contribution in [-0.2, 0) is 0 Å². The van der Waals surface area contributed by atoms with Crippen molar-refractivity contribution < 1.29 is 4.39 Å². The van der Waals surface area contributed by atoms with Crippen LogP contribution in [0.1, 0.15) is 19.8 Å². The predicted molar refractivity (Wildman–Crippen MR) is 73.0 cm³/mol. The maximum Gasteiger partial charge on any atom is 0.125 e. The molecule has 1 atom stereocenters. The fourth-order valence-electron chi connectivity index (χ4n) is 2.31. The van der Waals surface area contributed by atoms with Crippen molar-refractivity contribution in [3.63, 3.8) is 0 Å². The van der Waals surface area contributed by atoms with Gasteiger partial charge in [-0.25, -0.2) is 4.39 Å². The van der Waals surface area contributed by atoms with Crippen LogP contribution < -0.4 is 10.2 Å². The molecule has 1 fully saturated rings. The Morgan fingerprint density at radius 3 is 3.12 bits per heavy atom. The summed E-state index contributed by atoms with van der Waals surface area (Å²) in [5.74, 6) is -0.172. The van der Waals surface area contributed by atoms with Gasteiger partial charge in [0.05, 0.1) is 5.69 Å². The lowest BCUT2D eigenvalue weighted by atomic mass is 10.1. The van der Waals surface area contributed by atoms with E-state index in [0.29, 0.717) is 6.04 Å². The molecule has 2 rings (SSSR count). The predicted octanol–water partition coefficient (Wildman–Crippen LogP) is 3.17. The molecule has 0 aliphatic carbocycles. The van der Waals surface area contributed by atoms with Gasteiger partial charge in [-0.1, -0.05) is 13.3 Å². The van der Waals surface area contributed by atoms with Crippen molar-refractivity contribution in [3.8, 4) is 0 Å². The van der Waals surface area contributed by atoms with E-state index in [0.717, 1.165) is 29.8 Å². The van der Waals surface area contributed by atoms with Crippen molar-refractivity contribution in [2.75, 3.05) is 24.5 Å². The SMILES string of the molecule is CCCC1CN(c2cc(F)ccc2Br)CCN1. The van der Waals surface area contributed by atoms with Gasteiger partial charge in [0.15, 0.2) is 0 Å². The van der Waals surface area contributed by atoms with Crippen molar-refractivity contribution in [1.82, 2.24) is 5.32 Å². The maximum atomic E-state index is 13.3. The van der Waals surface area contributed by atoms with Crippen LogP contribution in [-0.4, -0.2) is 25.7 Å². The topological polar surface area (TPSA) is 15.3 Å². The summed E-state index contributed by atoms with van der Waals surface area (Å²) in [6.45, 7) is 5.05. The van der Waals surface area contributed by atoms with Crippen LogP contribution in [0.3, 0.4) is 0 Å². The van der Waals surface area contributed by atoms with Crippen LogP contribution in [0.4, 0.5) is 10.1 Å². The number of nitrogens with zero attached hydrogens (tertiary/aromatic N) is 1. The van der Waals surface area contributed by atoms with Gasteiger partial charge >= 0.3 is 0 Å². The number of hydrogen-bond acceptors (Lipinski definition) is 2. The summed E-state index contributed by atoms with van der Waals surface area (Å²) in [6, 6.07) is 5.39. The van der Waals surface area contributed by atoms with E-state index in [1.807, 2.05) is 0 Å². The Hall–Kier alpha value is -0.610. The Kier molecular flexibility index (Phi) is 4.40. The van der Waals surface area contributed by atoms with Crippen molar-refractivity contribution in [2.24, 2.45) is 0 Å². The molecule has 17 heavy (non-hydrogen) atoms. The standard InChI is InChI=1S/C13H18BrFN2/c1-2-3-11-9-17(7-6-16-11)13-8-10(15)4-5-12(13)14/h4-5,8,11,16H,2-3,6-7,9H2,1H3. The van der Waals surface area contributed by atoms with E-state index in [-0.39, 0.29) is 5.82 Å². The van der Waals surface area contributed by atoms with Gasteiger partial charge in [0, 0.05) is 30.1 Å². The molecule has 94 valence electrons. The zero-order valence-electron chi connectivity index (χ0n) is 10.0. The Balaban J connectivity index is 2.13. The Bertz CT molecular complexity index is 382. The van der Waals surface area contributed by atoms with Gasteiger partial charge in [-0.3, -0.25) is 0 Å². The Labute approximate surface area is 110 Å². The van der Waals surface area contributed by atoms with Crippen LogP contribution >= 0.6 is 15.9 Å². The Morgan fingerprint density at radius 2 is 2.35 bits per heavy atom. The van der Waals surface area contributed by atoms with Crippen LogP contribution in [0.25, 0.3) is 0 Å². The summed E-state index contributed by atoms with van der Waals surface area (Å²) in [5.41, 5.74) is 0.965. The number of piperazine rings is 1. The molecule has 1 N–H and O–H groups in total. The summed E-state index contributed by atoms with van der Waals surface area (Å²) in [5, 5.41) is 3.50. The number of anilines is 1. The largest absolute Gasteiger partial charge is 0.368 e. The molecule has 2 nitrogen and oxygen atoms in total. The molecule has 4 heteroatoms. The number of nitrogens with one attached hydrogen (secondary N) is 1. The monoisotopic (exact) mass is 300 g/mol. The average Bonchev–Trinajstić information content (AvgIpc) is 2.33. The summed E-state index contributed by atoms with van der Waals surface area (Å²) in [6.07, 6.45) is 2.35. The van der Waals surface area contributed by atoms with Gasteiger partial charge in [-0.15, -0.1) is 0 Å². The molecule has 0 saturated carbocycles. The summed E-state index contributed by atoms with van der Waals surface area (Å²) >= 11 is 3.50. The zero-order chi connectivity index (χ0) is 12.3. The molecule has 1 unspecified atom stereocenters. The molecule has 0 amide bonds. The van der Waals surface area contributed by atoms with Gasteiger partial charge < -0.3 is 10.2 Å². The zero-order valence-corrected chi connectivity index (χ0v) is 11.6. The molecular weight excluding hydrogens is 283 g/mol. The highest BCUT2D eigenvalue weighted by atomic mass is 79.9. The maximum absolute atomic E-state index is 13.3. The minimum atomic E-state index is -0.172. The van der Waals surface area contributed by atoms with Crippen molar-refractivity contribution in [1.29, 1.82) is 0 Å². The van der Waals surface area contributed by atoms with Gasteiger partial charge in [0.1, 0.15) is 5.82 Å². The minimum Gasteiger partial charge on any atom is -0.368 e. The summed E-state index contributed by atoms with van der Waals surface area (Å²) in [4.78, 5) is 2.25. The third kappa shape index (κ3) is 3.19. The average molecular weight is 301 g/mol. The molecular formula is C13H18BrFN2. The number of halogens is 2. The minimum absolute atomic E-state index is 0.172. The highest BCUT2D eigenvalue weighted by Gasteiger charge is 2.20. The fourth-order valence-corrected chi connectivity index (χ4v) is 2.81. The number of rotatable bonds is 3. The lowest BCUT2D eigenvalue weighted by Gasteiger charge is -2.35. The summed E-state index contributed by atoms with van der Waals surface area (Å²) in [7, 11) is 0. The van der Waals surface area contributed by atoms with Gasteiger partial charge in [-0.05, 0) is 40.5 Å². The van der Waals surface area contributed by atoms with Crippen LogP contribution in [0, 0.1) is 5.82 Å². The van der Waals surface area contributed by atoms with Crippen LogP contribution in [0.15, 0.2) is 22.7 Å². The lowest BCUT2D eigenvalue weighted by molar-refractivity contribution is 0.430. The van der Waals surface area contributed by atoms with Gasteiger partial charge in [0.25, 0.3) is 0 Å². The van der Waals surface area contributed by atoms with E-state index in [4.69, 9.17) is 0 Å². The van der Waals surface area contributed by atoms with E-state index in [1.165, 1.54) is 18.9 Å². The second kappa shape index (κ2) is 5.83. The van der Waals surface area contributed by atoms with E-state index >= 15 is 0 Å². The first-order chi connectivity index (χ1) is 8.20. The van der Waals surface area contributed by atoms with Crippen molar-refractivity contribution >= 4 is 21.6 Å². The molecule has 0 spiro atoms. The smallest absolute Gasteiger partial charge is 0.125 e. The number of benzene rings is 1. The third-order valence-corrected chi connectivity index (χ3v) is 3.81. The molecule has 0 aromatic heterocycles. The first kappa shape index (κ1) is 12.8. The molecule has 1 aliphatic heterocycles. The van der Waals surface area contributed by atoms with Gasteiger partial charge in [-0.2, -0.15) is 0 Å². The second-order valence-electron chi connectivity index (χ2n) is 4.48. The normalized spacial score (nSPS) is 20.6. The van der Waals surface area contributed by atoms with Crippen molar-refractivity contribution in [3.05, 3.63) is 28.5 Å². The molecule has 1 aromatic carbocycles. The first-order valence-electron chi connectivity index (χ1n) is 6.14. The van der Waals surface area contributed by atoms with E-state index in [1.54, 1.807) is 12.1 Å². The molecule has 1 aromatic rings. The third-order valence-electron chi connectivity index (χ3n) is 3.14.